The van der Waals surface area contributed by atoms with Gasteiger partial charge in [0.15, 0.2) is 0 Å². The first-order valence-electron chi connectivity index (χ1n) is 3.68. The molecule has 1 rings (SSSR count). The van der Waals surface area contributed by atoms with E-state index in [1.807, 2.05) is 0 Å². The normalized spacial score (nSPS) is 33.8. The van der Waals surface area contributed by atoms with Crippen LogP contribution in [0.15, 0.2) is 0 Å². The van der Waals surface area contributed by atoms with Crippen LogP contribution in [0, 0.1) is 5.92 Å². The Bertz CT molecular complexity index is 124. The van der Waals surface area contributed by atoms with Crippen molar-refractivity contribution in [2.75, 3.05) is 6.61 Å². The molecule has 0 amide bonds. The lowest BCUT2D eigenvalue weighted by molar-refractivity contribution is -0.206. The molecule has 1 aliphatic heterocycles. The van der Waals surface area contributed by atoms with Crippen molar-refractivity contribution in [1.29, 1.82) is 0 Å². The molecule has 1 heterocycles. The molecule has 0 N–H and O–H groups in total. The van der Waals surface area contributed by atoms with Gasteiger partial charge in [0, 0.05) is 0 Å². The summed E-state index contributed by atoms with van der Waals surface area (Å²) in [4.78, 5) is 0. The Hall–Kier alpha value is -0.250. The van der Waals surface area contributed by atoms with E-state index in [0.717, 1.165) is 0 Å². The molecule has 0 aromatic carbocycles. The Balaban J connectivity index is 2.39. The smallest absolute Gasteiger partial charge is 0.378 e. The van der Waals surface area contributed by atoms with Crippen LogP contribution in [-0.4, -0.2) is 18.9 Å². The molecule has 1 aliphatic rings. The van der Waals surface area contributed by atoms with Gasteiger partial charge < -0.3 is 4.74 Å². The molecule has 66 valence electrons. The number of halogens is 3. The molecule has 0 aromatic rings. The fourth-order valence-corrected chi connectivity index (χ4v) is 1.14. The molecule has 0 saturated carbocycles. The molecule has 0 unspecified atom stereocenters. The van der Waals surface area contributed by atoms with Crippen molar-refractivity contribution < 1.29 is 17.9 Å². The van der Waals surface area contributed by atoms with Gasteiger partial charge in [-0.15, -0.1) is 0 Å². The molecule has 0 aromatic heterocycles. The maximum absolute atomic E-state index is 12.0. The molecular weight excluding hydrogens is 157 g/mol. The van der Waals surface area contributed by atoms with Gasteiger partial charge >= 0.3 is 6.18 Å². The van der Waals surface area contributed by atoms with E-state index in [9.17, 15) is 13.2 Å². The fraction of sp³-hybridized carbons (Fsp3) is 1.00. The van der Waals surface area contributed by atoms with Gasteiger partial charge in [-0.05, 0) is 19.8 Å². The van der Waals surface area contributed by atoms with Crippen molar-refractivity contribution in [3.05, 3.63) is 0 Å². The van der Waals surface area contributed by atoms with Gasteiger partial charge in [-0.2, -0.15) is 13.2 Å². The zero-order valence-corrected chi connectivity index (χ0v) is 6.32. The van der Waals surface area contributed by atoms with Crippen molar-refractivity contribution in [2.45, 2.75) is 32.0 Å². The summed E-state index contributed by atoms with van der Waals surface area (Å²) in [5, 5.41) is 0. The molecule has 11 heavy (non-hydrogen) atoms. The van der Waals surface area contributed by atoms with E-state index in [0.29, 0.717) is 6.42 Å². The summed E-state index contributed by atoms with van der Waals surface area (Å²) in [6.45, 7) is 1.64. The summed E-state index contributed by atoms with van der Waals surface area (Å²) in [6, 6.07) is 0. The standard InChI is InChI=1S/C7H11F3O/c1-5-2-3-6(4-11-5)7(8,9)10/h5-6H,2-4H2,1H3/t5-,6-/m1/s1. The predicted molar refractivity (Wildman–Crippen MR) is 34.2 cm³/mol. The summed E-state index contributed by atoms with van der Waals surface area (Å²) < 4.78 is 40.9. The molecule has 4 heteroatoms. The van der Waals surface area contributed by atoms with E-state index in [2.05, 4.69) is 0 Å². The number of rotatable bonds is 0. The Morgan fingerprint density at radius 2 is 1.91 bits per heavy atom. The minimum Gasteiger partial charge on any atom is -0.378 e. The zero-order valence-electron chi connectivity index (χ0n) is 6.32. The van der Waals surface area contributed by atoms with E-state index in [1.54, 1.807) is 6.92 Å². The van der Waals surface area contributed by atoms with Gasteiger partial charge in [-0.3, -0.25) is 0 Å². The molecular formula is C7H11F3O. The van der Waals surface area contributed by atoms with Crippen molar-refractivity contribution in [3.8, 4) is 0 Å². The number of alkyl halides is 3. The molecule has 0 radical (unpaired) electrons. The third-order valence-corrected chi connectivity index (χ3v) is 1.97. The Morgan fingerprint density at radius 1 is 1.27 bits per heavy atom. The van der Waals surface area contributed by atoms with E-state index >= 15 is 0 Å². The van der Waals surface area contributed by atoms with Crippen LogP contribution in [0.2, 0.25) is 0 Å². The molecule has 2 atom stereocenters. The summed E-state index contributed by atoms with van der Waals surface area (Å²) >= 11 is 0. The lowest BCUT2D eigenvalue weighted by Crippen LogP contribution is -2.33. The third-order valence-electron chi connectivity index (χ3n) is 1.97. The van der Waals surface area contributed by atoms with Gasteiger partial charge in [-0.25, -0.2) is 0 Å². The first-order chi connectivity index (χ1) is 5.00. The second-order valence-electron chi connectivity index (χ2n) is 2.96. The van der Waals surface area contributed by atoms with E-state index < -0.39 is 12.1 Å². The van der Waals surface area contributed by atoms with E-state index in [-0.39, 0.29) is 19.1 Å². The van der Waals surface area contributed by atoms with Gasteiger partial charge in [0.05, 0.1) is 18.6 Å². The van der Waals surface area contributed by atoms with Gasteiger partial charge in [0.2, 0.25) is 0 Å². The van der Waals surface area contributed by atoms with Gasteiger partial charge in [-0.1, -0.05) is 0 Å². The van der Waals surface area contributed by atoms with E-state index in [4.69, 9.17) is 4.74 Å². The van der Waals surface area contributed by atoms with Crippen molar-refractivity contribution in [2.24, 2.45) is 5.92 Å². The maximum Gasteiger partial charge on any atom is 0.394 e. The van der Waals surface area contributed by atoms with Crippen LogP contribution < -0.4 is 0 Å². The number of hydrogen-bond donors (Lipinski definition) is 0. The maximum atomic E-state index is 12.0. The lowest BCUT2D eigenvalue weighted by atomic mass is 9.99. The molecule has 0 aliphatic carbocycles. The van der Waals surface area contributed by atoms with Crippen LogP contribution >= 0.6 is 0 Å². The highest BCUT2D eigenvalue weighted by molar-refractivity contribution is 4.73. The second-order valence-corrected chi connectivity index (χ2v) is 2.96. The van der Waals surface area contributed by atoms with Crippen LogP contribution in [0.5, 0.6) is 0 Å². The first kappa shape index (κ1) is 8.84. The zero-order chi connectivity index (χ0) is 8.48. The first-order valence-corrected chi connectivity index (χ1v) is 3.68. The van der Waals surface area contributed by atoms with Crippen molar-refractivity contribution >= 4 is 0 Å². The highest BCUT2D eigenvalue weighted by atomic mass is 19.4. The molecule has 1 nitrogen and oxygen atoms in total. The van der Waals surface area contributed by atoms with Crippen LogP contribution in [0.1, 0.15) is 19.8 Å². The minimum absolute atomic E-state index is 0.00593. The Labute approximate surface area is 63.5 Å². The summed E-state index contributed by atoms with van der Waals surface area (Å²) in [5.41, 5.74) is 0. The minimum atomic E-state index is -4.07. The molecule has 1 fully saturated rings. The van der Waals surface area contributed by atoms with Crippen molar-refractivity contribution in [1.82, 2.24) is 0 Å². The highest BCUT2D eigenvalue weighted by Crippen LogP contribution is 2.33. The third kappa shape index (κ3) is 2.36. The Kier molecular flexibility index (Phi) is 2.42. The second kappa shape index (κ2) is 3.01. The highest BCUT2D eigenvalue weighted by Gasteiger charge is 2.41. The quantitative estimate of drug-likeness (QED) is 0.539. The van der Waals surface area contributed by atoms with Crippen LogP contribution in [0.3, 0.4) is 0 Å². The largest absolute Gasteiger partial charge is 0.394 e. The fourth-order valence-electron chi connectivity index (χ4n) is 1.14. The Morgan fingerprint density at radius 3 is 2.27 bits per heavy atom. The van der Waals surface area contributed by atoms with Gasteiger partial charge in [0.1, 0.15) is 0 Å². The predicted octanol–water partition coefficient (Wildman–Crippen LogP) is 2.36. The summed E-state index contributed by atoms with van der Waals surface area (Å²) in [7, 11) is 0. The van der Waals surface area contributed by atoms with Crippen molar-refractivity contribution in [3.63, 3.8) is 0 Å². The molecule has 0 bridgehead atoms. The SMILES string of the molecule is C[C@@H]1CC[C@@H](C(F)(F)F)CO1. The molecule has 0 spiro atoms. The number of hydrogen-bond acceptors (Lipinski definition) is 1. The van der Waals surface area contributed by atoms with Crippen LogP contribution in [0.4, 0.5) is 13.2 Å². The molecule has 1 saturated heterocycles. The monoisotopic (exact) mass is 168 g/mol. The lowest BCUT2D eigenvalue weighted by Gasteiger charge is -2.28. The summed E-state index contributed by atoms with van der Waals surface area (Å²) in [6.07, 6.45) is -3.34. The van der Waals surface area contributed by atoms with Crippen LogP contribution in [-0.2, 0) is 4.74 Å². The summed E-state index contributed by atoms with van der Waals surface area (Å²) in [5.74, 6) is -1.24. The van der Waals surface area contributed by atoms with Crippen LogP contribution in [0.25, 0.3) is 0 Å². The number of ether oxygens (including phenoxy) is 1. The van der Waals surface area contributed by atoms with E-state index in [1.165, 1.54) is 0 Å². The van der Waals surface area contributed by atoms with Gasteiger partial charge in [0.25, 0.3) is 0 Å². The average molecular weight is 168 g/mol. The average Bonchev–Trinajstić information content (AvgIpc) is 1.86. The topological polar surface area (TPSA) is 9.23 Å².